The molecule has 0 radical (unpaired) electrons. The van der Waals surface area contributed by atoms with E-state index in [1.807, 2.05) is 49.3 Å². The highest BCUT2D eigenvalue weighted by atomic mass is 16.5. The number of aromatic amines is 2. The van der Waals surface area contributed by atoms with Gasteiger partial charge in [-0.1, -0.05) is 82.3 Å². The van der Waals surface area contributed by atoms with Gasteiger partial charge in [0.15, 0.2) is 6.23 Å². The standard InChI is InChI=1S/C47H53N7O5/c1-27(2)20-41(58-26-55)53-18-8-12-37(53)45-49-24-36(51-45)31-14-16-32-34-25-57-39-21-30(15-17-33(39)42(34)44(59-40(32)22-31)29-10-6-5-7-11-29)35-23-50-46(52-35)38-13-9-19-54(38)47(56)43(48)28(3)4/h5-7,10-11,14-17,21-24,26-28,37-38,41,43-44H,8-9,12-13,18-20,25,48H2,1-4H3,(H,49,51)(H,50,52)/t37-,38-,41?,43-,44?/m0/s1. The van der Waals surface area contributed by atoms with Crippen LogP contribution in [-0.2, 0) is 14.3 Å². The van der Waals surface area contributed by atoms with E-state index < -0.39 is 6.04 Å². The number of imidazole rings is 2. The number of carbonyl (C=O) groups is 2. The molecular weight excluding hydrogens is 743 g/mol. The minimum Gasteiger partial charge on any atom is -0.488 e. The van der Waals surface area contributed by atoms with Crippen molar-refractivity contribution in [3.8, 4) is 34.0 Å². The number of fused-ring (bicyclic) bond motifs is 4. The summed E-state index contributed by atoms with van der Waals surface area (Å²) in [6.07, 6.45) is 7.57. The molecule has 2 saturated heterocycles. The van der Waals surface area contributed by atoms with E-state index in [0.29, 0.717) is 25.5 Å². The number of nitrogens with zero attached hydrogens (tertiary/aromatic N) is 4. The zero-order chi connectivity index (χ0) is 40.8. The van der Waals surface area contributed by atoms with E-state index in [0.717, 1.165) is 112 Å². The van der Waals surface area contributed by atoms with Crippen molar-refractivity contribution >= 4 is 23.5 Å². The van der Waals surface area contributed by atoms with Crippen LogP contribution in [0.1, 0.15) is 106 Å². The fraction of sp³-hybridized carbons (Fsp3) is 0.404. The van der Waals surface area contributed by atoms with Crippen molar-refractivity contribution in [2.45, 2.75) is 90.3 Å². The molecule has 306 valence electrons. The first-order valence-corrected chi connectivity index (χ1v) is 21.1. The molecular formula is C47H53N7O5. The molecule has 59 heavy (non-hydrogen) atoms. The molecule has 6 heterocycles. The highest BCUT2D eigenvalue weighted by Gasteiger charge is 2.38. The Morgan fingerprint density at radius 2 is 1.54 bits per heavy atom. The lowest BCUT2D eigenvalue weighted by Crippen LogP contribution is -2.46. The first-order chi connectivity index (χ1) is 28.7. The molecule has 4 aliphatic rings. The van der Waals surface area contributed by atoms with Gasteiger partial charge in [-0.3, -0.25) is 14.5 Å². The lowest BCUT2D eigenvalue weighted by atomic mass is 9.83. The van der Waals surface area contributed by atoms with Gasteiger partial charge in [-0.2, -0.15) is 0 Å². The number of ether oxygens (including phenoxy) is 3. The Morgan fingerprint density at radius 1 is 0.881 bits per heavy atom. The third kappa shape index (κ3) is 7.33. The number of hydrogen-bond acceptors (Lipinski definition) is 9. The number of carbonyl (C=O) groups excluding carboxylic acids is 2. The molecule has 12 nitrogen and oxygen atoms in total. The quantitative estimate of drug-likeness (QED) is 0.106. The second-order valence-corrected chi connectivity index (χ2v) is 17.0. The van der Waals surface area contributed by atoms with E-state index in [9.17, 15) is 9.59 Å². The zero-order valence-corrected chi connectivity index (χ0v) is 34.2. The summed E-state index contributed by atoms with van der Waals surface area (Å²) < 4.78 is 19.2. The van der Waals surface area contributed by atoms with Crippen LogP contribution in [0.3, 0.4) is 0 Å². The van der Waals surface area contributed by atoms with E-state index in [2.05, 4.69) is 77.2 Å². The van der Waals surface area contributed by atoms with Gasteiger partial charge in [0, 0.05) is 52.9 Å². The van der Waals surface area contributed by atoms with Crippen LogP contribution in [0.2, 0.25) is 0 Å². The third-order valence-corrected chi connectivity index (χ3v) is 12.4. The summed E-state index contributed by atoms with van der Waals surface area (Å²) in [5.41, 5.74) is 15.2. The number of rotatable bonds is 12. The Labute approximate surface area is 345 Å². The Balaban J connectivity index is 1.01. The molecule has 5 atom stereocenters. The highest BCUT2D eigenvalue weighted by Crippen LogP contribution is 2.52. The van der Waals surface area contributed by atoms with Gasteiger partial charge in [-0.15, -0.1) is 0 Å². The van der Waals surface area contributed by atoms with Crippen LogP contribution in [0.5, 0.6) is 11.5 Å². The number of H-pyrrole nitrogens is 2. The fourth-order valence-corrected chi connectivity index (χ4v) is 9.29. The fourth-order valence-electron chi connectivity index (χ4n) is 9.29. The molecule has 4 aliphatic heterocycles. The Morgan fingerprint density at radius 3 is 2.24 bits per heavy atom. The molecule has 12 heteroatoms. The Bertz CT molecular complexity index is 2370. The van der Waals surface area contributed by atoms with Crippen molar-refractivity contribution < 1.29 is 23.8 Å². The second-order valence-electron chi connectivity index (χ2n) is 17.0. The summed E-state index contributed by atoms with van der Waals surface area (Å²) in [6, 6.07) is 22.3. The number of nitrogens with two attached hydrogens (primary N) is 1. The van der Waals surface area contributed by atoms with Crippen LogP contribution in [0.4, 0.5) is 0 Å². The molecule has 0 bridgehead atoms. The number of hydrogen-bond donors (Lipinski definition) is 3. The van der Waals surface area contributed by atoms with Crippen molar-refractivity contribution in [3.05, 3.63) is 107 Å². The summed E-state index contributed by atoms with van der Waals surface area (Å²) in [5, 5.41) is 0. The van der Waals surface area contributed by atoms with E-state index in [1.54, 1.807) is 0 Å². The molecule has 3 aromatic carbocycles. The van der Waals surface area contributed by atoms with Crippen LogP contribution >= 0.6 is 0 Å². The van der Waals surface area contributed by atoms with Gasteiger partial charge >= 0.3 is 0 Å². The average molecular weight is 796 g/mol. The SMILES string of the molecule is CC(C)CC(OC=O)N1CCC[C@H]1c1ncc(-c2ccc3c(c2)OC(c2ccccc2)C2=C3COc3cc(-c4cnc([C@@H]5CCCN5C(=O)[C@@H](N)C(C)C)[nH]4)ccc32)[nH]1. The van der Waals surface area contributed by atoms with Gasteiger partial charge in [-0.25, -0.2) is 9.97 Å². The molecule has 5 aromatic rings. The smallest absolute Gasteiger partial charge is 0.294 e. The van der Waals surface area contributed by atoms with Gasteiger partial charge in [0.25, 0.3) is 6.47 Å². The van der Waals surface area contributed by atoms with Gasteiger partial charge in [-0.05, 0) is 55.2 Å². The van der Waals surface area contributed by atoms with E-state index in [4.69, 9.17) is 29.9 Å². The molecule has 2 fully saturated rings. The number of nitrogens with one attached hydrogen (secondary N) is 2. The summed E-state index contributed by atoms with van der Waals surface area (Å²) in [4.78, 5) is 45.5. The number of benzene rings is 3. The molecule has 2 aromatic heterocycles. The number of amides is 1. The zero-order valence-electron chi connectivity index (χ0n) is 34.2. The lowest BCUT2D eigenvalue weighted by molar-refractivity contribution is -0.146. The van der Waals surface area contributed by atoms with Gasteiger partial charge in [0.2, 0.25) is 5.91 Å². The second kappa shape index (κ2) is 16.1. The topological polar surface area (TPSA) is 152 Å². The van der Waals surface area contributed by atoms with Crippen molar-refractivity contribution in [1.82, 2.24) is 29.7 Å². The monoisotopic (exact) mass is 795 g/mol. The normalized spacial score (nSPS) is 21.1. The Kier molecular flexibility index (Phi) is 10.6. The first-order valence-electron chi connectivity index (χ1n) is 21.1. The third-order valence-electron chi connectivity index (χ3n) is 12.4. The predicted octanol–water partition coefficient (Wildman–Crippen LogP) is 8.23. The Hall–Kier alpha value is -5.72. The van der Waals surface area contributed by atoms with Crippen LogP contribution in [0.15, 0.2) is 79.1 Å². The van der Waals surface area contributed by atoms with Crippen LogP contribution in [0, 0.1) is 11.8 Å². The minimum absolute atomic E-state index is 0.0207. The molecule has 0 saturated carbocycles. The maximum atomic E-state index is 13.2. The molecule has 1 amide bonds. The van der Waals surface area contributed by atoms with Crippen molar-refractivity contribution in [2.75, 3.05) is 19.7 Å². The van der Waals surface area contributed by atoms with E-state index >= 15 is 0 Å². The molecule has 9 rings (SSSR count). The largest absolute Gasteiger partial charge is 0.488 e. The van der Waals surface area contributed by atoms with Crippen molar-refractivity contribution in [2.24, 2.45) is 17.6 Å². The van der Waals surface area contributed by atoms with Crippen LogP contribution < -0.4 is 15.2 Å². The maximum absolute atomic E-state index is 13.2. The maximum Gasteiger partial charge on any atom is 0.294 e. The number of aromatic nitrogens is 4. The molecule has 0 spiro atoms. The average Bonchev–Trinajstić information content (AvgIpc) is 4.09. The number of likely N-dealkylation sites (tertiary alicyclic amines) is 2. The van der Waals surface area contributed by atoms with Crippen LogP contribution in [0.25, 0.3) is 33.7 Å². The first kappa shape index (κ1) is 38.8. The molecule has 2 unspecified atom stereocenters. The van der Waals surface area contributed by atoms with E-state index in [1.165, 1.54) is 0 Å². The van der Waals surface area contributed by atoms with Crippen molar-refractivity contribution in [3.63, 3.8) is 0 Å². The summed E-state index contributed by atoms with van der Waals surface area (Å²) in [6.45, 7) is 10.7. The summed E-state index contributed by atoms with van der Waals surface area (Å²) in [7, 11) is 0. The highest BCUT2D eigenvalue weighted by molar-refractivity contribution is 6.00. The van der Waals surface area contributed by atoms with Crippen molar-refractivity contribution in [1.29, 1.82) is 0 Å². The van der Waals surface area contributed by atoms with Crippen LogP contribution in [-0.4, -0.2) is 74.1 Å². The van der Waals surface area contributed by atoms with Gasteiger partial charge in [0.1, 0.15) is 35.9 Å². The summed E-state index contributed by atoms with van der Waals surface area (Å²) in [5.74, 6) is 3.64. The van der Waals surface area contributed by atoms with Gasteiger partial charge < -0.3 is 34.8 Å². The molecule has 0 aliphatic carbocycles. The molecule has 4 N–H and O–H groups in total. The van der Waals surface area contributed by atoms with Gasteiger partial charge in [0.05, 0.1) is 41.9 Å². The summed E-state index contributed by atoms with van der Waals surface area (Å²) >= 11 is 0. The predicted molar refractivity (Wildman–Crippen MR) is 226 cm³/mol. The minimum atomic E-state index is -0.530. The van der Waals surface area contributed by atoms with E-state index in [-0.39, 0.29) is 36.2 Å². The lowest BCUT2D eigenvalue weighted by Gasteiger charge is -2.35.